The van der Waals surface area contributed by atoms with Crippen LogP contribution < -0.4 is 5.32 Å². The Morgan fingerprint density at radius 2 is 1.27 bits per heavy atom. The lowest BCUT2D eigenvalue weighted by Crippen LogP contribution is -2.43. The predicted octanol–water partition coefficient (Wildman–Crippen LogP) is 7.64. The smallest absolute Gasteiger partial charge is 0.103 e. The van der Waals surface area contributed by atoms with E-state index >= 15 is 0 Å². The van der Waals surface area contributed by atoms with Crippen LogP contribution in [0.4, 0.5) is 11.4 Å². The summed E-state index contributed by atoms with van der Waals surface area (Å²) in [6.07, 6.45) is 1.65. The molecule has 4 aromatic carbocycles. The van der Waals surface area contributed by atoms with Gasteiger partial charge in [0.25, 0.3) is 0 Å². The number of anilines is 2. The summed E-state index contributed by atoms with van der Waals surface area (Å²) in [5.74, 6) is 0. The summed E-state index contributed by atoms with van der Waals surface area (Å²) >= 11 is 7.01. The SMILES string of the molecule is Cc1cc(-c2cccc(CN3CCN(C)CC3)c2)cc(Cl)c1Nc1c(C#N)cnc2cc(-c3cccc(CN4CCN(C)CC4)c3)ccc12. The van der Waals surface area contributed by atoms with Crippen LogP contribution in [0.25, 0.3) is 33.2 Å². The van der Waals surface area contributed by atoms with E-state index < -0.39 is 0 Å². The van der Waals surface area contributed by atoms with E-state index in [1.807, 2.05) is 6.07 Å². The maximum atomic E-state index is 10.1. The van der Waals surface area contributed by atoms with Gasteiger partial charge in [0.1, 0.15) is 6.07 Å². The Hall–Kier alpha value is -4.29. The van der Waals surface area contributed by atoms with Gasteiger partial charge in [-0.25, -0.2) is 0 Å². The number of nitriles is 1. The molecule has 0 amide bonds. The van der Waals surface area contributed by atoms with Crippen molar-refractivity contribution in [3.8, 4) is 28.3 Å². The Balaban J connectivity index is 1.13. The molecule has 8 heteroatoms. The van der Waals surface area contributed by atoms with Crippen LogP contribution in [0.2, 0.25) is 5.02 Å². The van der Waals surface area contributed by atoms with E-state index in [1.54, 1.807) is 6.20 Å². The first kappa shape index (κ1) is 33.2. The van der Waals surface area contributed by atoms with Crippen molar-refractivity contribution in [1.82, 2.24) is 24.6 Å². The minimum atomic E-state index is 0.477. The van der Waals surface area contributed by atoms with Gasteiger partial charge in [0, 0.05) is 77.0 Å². The van der Waals surface area contributed by atoms with Crippen molar-refractivity contribution in [1.29, 1.82) is 5.26 Å². The summed E-state index contributed by atoms with van der Waals surface area (Å²) in [4.78, 5) is 14.5. The van der Waals surface area contributed by atoms with Crippen LogP contribution in [-0.2, 0) is 13.1 Å². The third-order valence-corrected chi connectivity index (χ3v) is 10.3. The Morgan fingerprint density at radius 3 is 1.84 bits per heavy atom. The van der Waals surface area contributed by atoms with E-state index in [9.17, 15) is 5.26 Å². The highest BCUT2D eigenvalue weighted by atomic mass is 35.5. The van der Waals surface area contributed by atoms with Crippen LogP contribution in [0.5, 0.6) is 0 Å². The normalized spacial score (nSPS) is 16.6. The van der Waals surface area contributed by atoms with E-state index in [2.05, 4.69) is 125 Å². The molecule has 0 aliphatic carbocycles. The Morgan fingerprint density at radius 1 is 0.694 bits per heavy atom. The van der Waals surface area contributed by atoms with Crippen molar-refractivity contribution in [2.45, 2.75) is 20.0 Å². The number of benzene rings is 4. The summed E-state index contributed by atoms with van der Waals surface area (Å²) in [5.41, 5.74) is 10.9. The average Bonchev–Trinajstić information content (AvgIpc) is 3.11. The molecular weight excluding hydrogens is 626 g/mol. The lowest BCUT2D eigenvalue weighted by Gasteiger charge is -2.32. The fraction of sp³-hybridized carbons (Fsp3) is 0.317. The van der Waals surface area contributed by atoms with Crippen molar-refractivity contribution in [3.63, 3.8) is 0 Å². The number of nitrogens with zero attached hydrogens (tertiary/aromatic N) is 6. The van der Waals surface area contributed by atoms with Crippen LogP contribution in [-0.4, -0.2) is 91.0 Å². The molecule has 0 spiro atoms. The Bertz CT molecular complexity index is 1980. The molecule has 250 valence electrons. The second kappa shape index (κ2) is 14.7. The summed E-state index contributed by atoms with van der Waals surface area (Å²) in [6.45, 7) is 12.8. The van der Waals surface area contributed by atoms with Crippen LogP contribution >= 0.6 is 11.6 Å². The van der Waals surface area contributed by atoms with Crippen LogP contribution in [0.3, 0.4) is 0 Å². The number of likely N-dealkylation sites (N-methyl/N-ethyl adjacent to an activating group) is 2. The van der Waals surface area contributed by atoms with Gasteiger partial charge >= 0.3 is 0 Å². The van der Waals surface area contributed by atoms with E-state index in [4.69, 9.17) is 16.6 Å². The van der Waals surface area contributed by atoms with Crippen LogP contribution in [0.1, 0.15) is 22.3 Å². The second-order valence-corrected chi connectivity index (χ2v) is 14.1. The second-order valence-electron chi connectivity index (χ2n) is 13.7. The number of nitrogens with one attached hydrogen (secondary N) is 1. The van der Waals surface area contributed by atoms with Gasteiger partial charge in [0.15, 0.2) is 0 Å². The molecule has 0 radical (unpaired) electrons. The molecule has 7 nitrogen and oxygen atoms in total. The standard InChI is InChI=1S/C41H44ClN7/c1-29-20-35(33-9-5-7-31(22-33)28-49-18-14-47(3)15-19-49)23-38(42)40(29)45-41-36(25-43)26-44-39-24-34(10-11-37(39)41)32-8-4-6-30(21-32)27-48-16-12-46(2)13-17-48/h4-11,20-24,26H,12-19,27-28H2,1-3H3,(H,44,45). The van der Waals surface area contributed by atoms with Gasteiger partial charge in [-0.15, -0.1) is 0 Å². The molecule has 0 atom stereocenters. The number of hydrogen-bond acceptors (Lipinski definition) is 7. The highest BCUT2D eigenvalue weighted by molar-refractivity contribution is 6.34. The molecule has 2 saturated heterocycles. The van der Waals surface area contributed by atoms with Crippen LogP contribution in [0.15, 0.2) is 85.1 Å². The summed E-state index contributed by atoms with van der Waals surface area (Å²) in [7, 11) is 4.38. The van der Waals surface area contributed by atoms with Gasteiger partial charge < -0.3 is 15.1 Å². The van der Waals surface area contributed by atoms with Crippen molar-refractivity contribution >= 4 is 33.9 Å². The topological polar surface area (TPSA) is 61.7 Å². The lowest BCUT2D eigenvalue weighted by atomic mass is 9.99. The first-order chi connectivity index (χ1) is 23.8. The molecule has 2 aliphatic heterocycles. The summed E-state index contributed by atoms with van der Waals surface area (Å²) in [6, 6.07) is 30.4. The third-order valence-electron chi connectivity index (χ3n) is 10.1. The van der Waals surface area contributed by atoms with Gasteiger partial charge in [-0.2, -0.15) is 5.26 Å². The van der Waals surface area contributed by atoms with E-state index in [0.29, 0.717) is 10.6 Å². The molecule has 2 fully saturated rings. The highest BCUT2D eigenvalue weighted by Gasteiger charge is 2.18. The van der Waals surface area contributed by atoms with Gasteiger partial charge in [-0.3, -0.25) is 14.8 Å². The quantitative estimate of drug-likeness (QED) is 0.182. The minimum Gasteiger partial charge on any atom is -0.352 e. The molecule has 5 aromatic rings. The summed E-state index contributed by atoms with van der Waals surface area (Å²) in [5, 5.41) is 15.1. The fourth-order valence-electron chi connectivity index (χ4n) is 7.01. The molecule has 0 saturated carbocycles. The van der Waals surface area contributed by atoms with Gasteiger partial charge in [-0.1, -0.05) is 60.1 Å². The molecule has 3 heterocycles. The number of halogens is 1. The minimum absolute atomic E-state index is 0.477. The molecule has 2 aliphatic rings. The zero-order valence-electron chi connectivity index (χ0n) is 28.7. The molecule has 0 bridgehead atoms. The molecule has 49 heavy (non-hydrogen) atoms. The fourth-order valence-corrected chi connectivity index (χ4v) is 7.33. The number of pyridine rings is 1. The molecule has 1 N–H and O–H groups in total. The zero-order valence-corrected chi connectivity index (χ0v) is 29.5. The van der Waals surface area contributed by atoms with Crippen LogP contribution in [0, 0.1) is 18.3 Å². The number of fused-ring (bicyclic) bond motifs is 1. The predicted molar refractivity (Wildman–Crippen MR) is 202 cm³/mol. The van der Waals surface area contributed by atoms with Crippen molar-refractivity contribution in [3.05, 3.63) is 112 Å². The third kappa shape index (κ3) is 7.65. The largest absolute Gasteiger partial charge is 0.352 e. The molecule has 7 rings (SSSR count). The maximum Gasteiger partial charge on any atom is 0.103 e. The van der Waals surface area contributed by atoms with E-state index in [1.165, 1.54) is 11.1 Å². The maximum absolute atomic E-state index is 10.1. The van der Waals surface area contributed by atoms with Crippen molar-refractivity contribution in [2.75, 3.05) is 71.8 Å². The highest BCUT2D eigenvalue weighted by Crippen LogP contribution is 2.38. The number of piperazine rings is 2. The first-order valence-electron chi connectivity index (χ1n) is 17.2. The monoisotopic (exact) mass is 669 g/mol. The number of aryl methyl sites for hydroxylation is 1. The zero-order chi connectivity index (χ0) is 33.9. The number of aromatic nitrogens is 1. The Kier molecular flexibility index (Phi) is 9.95. The van der Waals surface area contributed by atoms with E-state index in [0.717, 1.165) is 116 Å². The van der Waals surface area contributed by atoms with Gasteiger partial charge in [-0.05, 0) is 90.3 Å². The van der Waals surface area contributed by atoms with Gasteiger partial charge in [0.05, 0.1) is 27.5 Å². The van der Waals surface area contributed by atoms with Gasteiger partial charge in [0.2, 0.25) is 0 Å². The van der Waals surface area contributed by atoms with Crippen molar-refractivity contribution in [2.24, 2.45) is 0 Å². The molecule has 0 unspecified atom stereocenters. The van der Waals surface area contributed by atoms with E-state index in [-0.39, 0.29) is 0 Å². The van der Waals surface area contributed by atoms with Crippen molar-refractivity contribution < 1.29 is 0 Å². The number of rotatable bonds is 8. The lowest BCUT2D eigenvalue weighted by molar-refractivity contribution is 0.148. The first-order valence-corrected chi connectivity index (χ1v) is 17.6. The summed E-state index contributed by atoms with van der Waals surface area (Å²) < 4.78 is 0. The molecular formula is C41H44ClN7. The number of hydrogen-bond donors (Lipinski definition) is 1. The molecule has 1 aromatic heterocycles. The Labute approximate surface area is 295 Å². The average molecular weight is 670 g/mol.